The standard InChI is InChI=1S/C24H30BrClO6/c1-12-7-16-20-17(25)9-14-8-15(28)5-6-21(14,3)23(20,26)18(29)10-22(16,4)24(12,31)19(30)11-32-13(2)27/h5-6,8,12,16-18,20,29,31H,7,9-11H2,1-4H3/t12?,16-,17?,18?,20+,21-,22-,23+,24-/m0/s1. The molecule has 0 spiro atoms. The van der Waals surface area contributed by atoms with Crippen LogP contribution in [0.15, 0.2) is 23.8 Å². The molecule has 3 saturated carbocycles. The van der Waals surface area contributed by atoms with E-state index in [0.717, 1.165) is 5.57 Å². The first kappa shape index (κ1) is 24.1. The van der Waals surface area contributed by atoms with Gasteiger partial charge in [-0.05, 0) is 49.2 Å². The number of Topliss-reactive ketones (excluding diaryl/α,β-unsaturated/α-hetero) is 1. The highest BCUT2D eigenvalue weighted by Gasteiger charge is 2.75. The summed E-state index contributed by atoms with van der Waals surface area (Å²) in [5, 5.41) is 23.4. The summed E-state index contributed by atoms with van der Waals surface area (Å²) in [4.78, 5) is 35.3. The van der Waals surface area contributed by atoms with Gasteiger partial charge in [0, 0.05) is 22.6 Å². The van der Waals surface area contributed by atoms with Crippen LogP contribution < -0.4 is 0 Å². The largest absolute Gasteiger partial charge is 0.458 e. The molecule has 0 aromatic rings. The van der Waals surface area contributed by atoms with Crippen LogP contribution >= 0.6 is 27.5 Å². The third-order valence-corrected chi connectivity index (χ3v) is 10.8. The van der Waals surface area contributed by atoms with Gasteiger partial charge in [-0.25, -0.2) is 0 Å². The average Bonchev–Trinajstić information content (AvgIpc) is 2.89. The van der Waals surface area contributed by atoms with E-state index in [9.17, 15) is 24.6 Å². The molecular formula is C24H30BrClO6. The first-order chi connectivity index (χ1) is 14.7. The smallest absolute Gasteiger partial charge is 0.303 e. The maximum Gasteiger partial charge on any atom is 0.303 e. The minimum atomic E-state index is -1.76. The van der Waals surface area contributed by atoms with Crippen molar-refractivity contribution in [2.75, 3.05) is 6.61 Å². The molecule has 0 amide bonds. The number of halogens is 2. The lowest BCUT2D eigenvalue weighted by Gasteiger charge is -2.65. The van der Waals surface area contributed by atoms with Gasteiger partial charge in [-0.15, -0.1) is 11.6 Å². The van der Waals surface area contributed by atoms with Gasteiger partial charge in [-0.2, -0.15) is 0 Å². The molecule has 32 heavy (non-hydrogen) atoms. The van der Waals surface area contributed by atoms with E-state index < -0.39 is 51.7 Å². The maximum absolute atomic E-state index is 13.2. The Labute approximate surface area is 201 Å². The van der Waals surface area contributed by atoms with Crippen molar-refractivity contribution in [3.05, 3.63) is 23.8 Å². The van der Waals surface area contributed by atoms with E-state index in [1.807, 2.05) is 26.8 Å². The number of ketones is 2. The number of aliphatic hydroxyl groups is 2. The van der Waals surface area contributed by atoms with Crippen LogP contribution in [0.1, 0.15) is 47.0 Å². The van der Waals surface area contributed by atoms with Crippen LogP contribution in [0.4, 0.5) is 0 Å². The summed E-state index contributed by atoms with van der Waals surface area (Å²) >= 11 is 11.2. The molecule has 0 aromatic heterocycles. The van der Waals surface area contributed by atoms with E-state index >= 15 is 0 Å². The predicted octanol–water partition coefficient (Wildman–Crippen LogP) is 3.11. The number of hydrogen-bond acceptors (Lipinski definition) is 6. The predicted molar refractivity (Wildman–Crippen MR) is 122 cm³/mol. The minimum Gasteiger partial charge on any atom is -0.458 e. The molecule has 4 aliphatic rings. The van der Waals surface area contributed by atoms with Crippen molar-refractivity contribution >= 4 is 45.1 Å². The molecule has 0 bridgehead atoms. The summed E-state index contributed by atoms with van der Waals surface area (Å²) < 4.78 is 4.93. The minimum absolute atomic E-state index is 0.0917. The third kappa shape index (κ3) is 2.87. The van der Waals surface area contributed by atoms with Crippen molar-refractivity contribution in [3.63, 3.8) is 0 Å². The van der Waals surface area contributed by atoms with Gasteiger partial charge in [-0.1, -0.05) is 48.4 Å². The molecular weight excluding hydrogens is 500 g/mol. The van der Waals surface area contributed by atoms with E-state index in [2.05, 4.69) is 15.9 Å². The molecule has 6 nitrogen and oxygen atoms in total. The van der Waals surface area contributed by atoms with Crippen LogP contribution in [0.2, 0.25) is 0 Å². The van der Waals surface area contributed by atoms with Crippen LogP contribution in [0.25, 0.3) is 0 Å². The monoisotopic (exact) mass is 528 g/mol. The molecule has 0 aromatic carbocycles. The number of alkyl halides is 2. The van der Waals surface area contributed by atoms with Crippen molar-refractivity contribution in [1.82, 2.24) is 0 Å². The highest BCUT2D eigenvalue weighted by molar-refractivity contribution is 9.09. The maximum atomic E-state index is 13.2. The lowest BCUT2D eigenvalue weighted by atomic mass is 9.45. The second-order valence-corrected chi connectivity index (χ2v) is 12.3. The first-order valence-corrected chi connectivity index (χ1v) is 12.4. The quantitative estimate of drug-likeness (QED) is 0.430. The Morgan fingerprint density at radius 1 is 1.34 bits per heavy atom. The fourth-order valence-corrected chi connectivity index (χ4v) is 9.21. The van der Waals surface area contributed by atoms with Gasteiger partial charge in [-0.3, -0.25) is 14.4 Å². The Hall–Kier alpha value is -1.02. The van der Waals surface area contributed by atoms with E-state index in [1.165, 1.54) is 13.0 Å². The van der Waals surface area contributed by atoms with Gasteiger partial charge in [0.05, 0.1) is 11.0 Å². The van der Waals surface area contributed by atoms with Gasteiger partial charge >= 0.3 is 5.97 Å². The van der Waals surface area contributed by atoms with Crippen molar-refractivity contribution in [2.24, 2.45) is 28.6 Å². The molecule has 2 N–H and O–H groups in total. The van der Waals surface area contributed by atoms with Gasteiger partial charge in [0.2, 0.25) is 5.78 Å². The van der Waals surface area contributed by atoms with Gasteiger partial charge < -0.3 is 14.9 Å². The molecule has 3 unspecified atom stereocenters. The van der Waals surface area contributed by atoms with Gasteiger partial charge in [0.15, 0.2) is 12.4 Å². The summed E-state index contributed by atoms with van der Waals surface area (Å²) in [5.41, 5.74) is -2.56. The summed E-state index contributed by atoms with van der Waals surface area (Å²) in [7, 11) is 0. The zero-order valence-electron chi connectivity index (χ0n) is 18.7. The molecule has 0 saturated heterocycles. The Bertz CT molecular complexity index is 947. The van der Waals surface area contributed by atoms with Crippen molar-refractivity contribution in [3.8, 4) is 0 Å². The lowest BCUT2D eigenvalue weighted by Crippen LogP contribution is -2.71. The second kappa shape index (κ2) is 7.49. The first-order valence-electron chi connectivity index (χ1n) is 11.1. The summed E-state index contributed by atoms with van der Waals surface area (Å²) in [5.74, 6) is -2.06. The van der Waals surface area contributed by atoms with E-state index in [0.29, 0.717) is 12.8 Å². The van der Waals surface area contributed by atoms with Crippen LogP contribution in [0, 0.1) is 28.6 Å². The van der Waals surface area contributed by atoms with Crippen LogP contribution in [-0.2, 0) is 19.1 Å². The number of carbonyl (C=O) groups is 3. The highest BCUT2D eigenvalue weighted by atomic mass is 79.9. The lowest BCUT2D eigenvalue weighted by molar-refractivity contribution is -0.181. The molecule has 0 heterocycles. The fraction of sp³-hybridized carbons (Fsp3) is 0.708. The number of rotatable bonds is 3. The number of ether oxygens (including phenoxy) is 1. The summed E-state index contributed by atoms with van der Waals surface area (Å²) in [6, 6.07) is 0. The van der Waals surface area contributed by atoms with Crippen LogP contribution in [-0.4, -0.2) is 55.8 Å². The van der Waals surface area contributed by atoms with Gasteiger partial charge in [0.25, 0.3) is 0 Å². The van der Waals surface area contributed by atoms with Crippen molar-refractivity contribution in [1.29, 1.82) is 0 Å². The normalized spacial score (nSPS) is 49.6. The molecule has 0 aliphatic heterocycles. The Balaban J connectivity index is 1.80. The Kier molecular flexibility index (Phi) is 5.64. The topological polar surface area (TPSA) is 101 Å². The molecule has 9 atom stereocenters. The highest BCUT2D eigenvalue weighted by Crippen LogP contribution is 2.72. The van der Waals surface area contributed by atoms with E-state index in [-0.39, 0.29) is 28.9 Å². The fourth-order valence-electron chi connectivity index (χ4n) is 7.36. The Morgan fingerprint density at radius 3 is 2.62 bits per heavy atom. The molecule has 176 valence electrons. The number of carbonyl (C=O) groups excluding carboxylic acids is 3. The molecule has 3 fully saturated rings. The van der Waals surface area contributed by atoms with Crippen molar-refractivity contribution < 1.29 is 29.3 Å². The van der Waals surface area contributed by atoms with Crippen LogP contribution in [0.3, 0.4) is 0 Å². The van der Waals surface area contributed by atoms with Gasteiger partial charge in [0.1, 0.15) is 5.60 Å². The molecule has 0 radical (unpaired) electrons. The summed E-state index contributed by atoms with van der Waals surface area (Å²) in [6.07, 6.45) is 5.14. The van der Waals surface area contributed by atoms with E-state index in [4.69, 9.17) is 16.3 Å². The zero-order chi connectivity index (χ0) is 23.9. The SMILES string of the molecule is CC(=O)OCC(=O)[C@@]1(O)C(C)C[C@H]2[C@@H]3C(Br)CC4=CC(=O)C=C[C@]4(C)[C@@]3(Cl)C(O)C[C@@]21C. The number of esters is 1. The number of allylic oxidation sites excluding steroid dienone is 4. The molecule has 4 aliphatic carbocycles. The number of aliphatic hydroxyl groups excluding tert-OH is 1. The molecule has 4 rings (SSSR count). The summed E-state index contributed by atoms with van der Waals surface area (Å²) in [6.45, 7) is 6.36. The number of hydrogen-bond donors (Lipinski definition) is 2. The third-order valence-electron chi connectivity index (χ3n) is 9.03. The van der Waals surface area contributed by atoms with E-state index in [1.54, 1.807) is 6.08 Å². The van der Waals surface area contributed by atoms with Crippen molar-refractivity contribution in [2.45, 2.75) is 68.4 Å². The zero-order valence-corrected chi connectivity index (χ0v) is 21.1. The average molecular weight is 530 g/mol. The second-order valence-electron chi connectivity index (χ2n) is 10.5. The Morgan fingerprint density at radius 2 is 2.00 bits per heavy atom. The van der Waals surface area contributed by atoms with Crippen LogP contribution in [0.5, 0.6) is 0 Å². The molecule has 8 heteroatoms. The number of fused-ring (bicyclic) bond motifs is 5.